The van der Waals surface area contributed by atoms with E-state index in [9.17, 15) is 38.8 Å². The number of ether oxygens (including phenoxy) is 5. The van der Waals surface area contributed by atoms with Gasteiger partial charge in [0.05, 0.1) is 43.7 Å². The summed E-state index contributed by atoms with van der Waals surface area (Å²) in [6.07, 6.45) is 9.38. The molecule has 0 aromatic rings. The standard InChI is InChI=1S/C55H90NO16P/c1-13-68-73(64,69-14-2)72-45-26-24-41(31-48(45)66-11)30-37(6)47-33-44(57)36(5)29-39(8)50(59)51(67-12)49(58)38(7)28-34(3)20-16-15-17-21-35(4)46(65-10)32-42-25-23-40(9)55(63,71-42)52(60)53(61)56-27-19-18-22-43(56)54(62)70-47/h15-17,20-21,34,36-43,45-48,50-51,59,63H,13-14,18-19,22-33H2,1-12H3/b17-15?,20-16+,35-21?/t34-,36-,37-,38-,39?,40-,41?,42+,43?,45-,46+,47+,48-,50-,51+,55-/m1/s1. The third kappa shape index (κ3) is 17.3. The molecular weight excluding hydrogens is 962 g/mol. The van der Waals surface area contributed by atoms with Gasteiger partial charge >= 0.3 is 13.8 Å². The molecule has 17 nitrogen and oxygen atoms in total. The molecule has 1 amide bonds. The topological polar surface area (TPSA) is 220 Å². The zero-order valence-corrected chi connectivity index (χ0v) is 46.8. The number of phosphoric acid groups is 1. The molecule has 2 N–H and O–H groups in total. The molecule has 416 valence electrons. The average molecular weight is 1050 g/mol. The number of piperidine rings is 1. The second kappa shape index (κ2) is 29.5. The number of fused-ring (bicyclic) bond motifs is 3. The number of aliphatic hydroxyl groups is 2. The zero-order chi connectivity index (χ0) is 54.2. The molecular formula is C55H90NO16P. The Balaban J connectivity index is 1.68. The van der Waals surface area contributed by atoms with Crippen LogP contribution in [0.15, 0.2) is 36.0 Å². The molecule has 2 saturated heterocycles. The maximum absolute atomic E-state index is 14.6. The van der Waals surface area contributed by atoms with Crippen molar-refractivity contribution in [1.29, 1.82) is 0 Å². The van der Waals surface area contributed by atoms with E-state index in [1.54, 1.807) is 48.8 Å². The number of hydrogen-bond acceptors (Lipinski definition) is 16. The first-order chi connectivity index (χ1) is 34.6. The van der Waals surface area contributed by atoms with E-state index in [0.717, 1.165) is 5.57 Å². The lowest BCUT2D eigenvalue weighted by atomic mass is 9.78. The normalized spacial score (nSPS) is 36.8. The van der Waals surface area contributed by atoms with Gasteiger partial charge in [-0.3, -0.25) is 32.7 Å². The van der Waals surface area contributed by atoms with Crippen LogP contribution in [-0.2, 0) is 65.8 Å². The van der Waals surface area contributed by atoms with Gasteiger partial charge in [-0.25, -0.2) is 9.36 Å². The molecule has 18 heteroatoms. The Hall–Kier alpha value is -2.96. The summed E-state index contributed by atoms with van der Waals surface area (Å²) in [6, 6.07) is -1.17. The largest absolute Gasteiger partial charge is 0.475 e. The number of phosphoric ester groups is 1. The molecule has 16 atom stereocenters. The van der Waals surface area contributed by atoms with Crippen LogP contribution in [0, 0.1) is 41.4 Å². The van der Waals surface area contributed by atoms with E-state index in [-0.39, 0.29) is 62.4 Å². The van der Waals surface area contributed by atoms with Gasteiger partial charge in [-0.05, 0) is 121 Å². The van der Waals surface area contributed by atoms with Crippen LogP contribution in [0.1, 0.15) is 146 Å². The maximum Gasteiger partial charge on any atom is 0.475 e. The average Bonchev–Trinajstić information content (AvgIpc) is 3.35. The number of rotatable bonds is 12. The van der Waals surface area contributed by atoms with Crippen molar-refractivity contribution >= 4 is 37.0 Å². The van der Waals surface area contributed by atoms with Gasteiger partial charge in [0, 0.05) is 58.5 Å². The first kappa shape index (κ1) is 62.6. The van der Waals surface area contributed by atoms with Gasteiger partial charge in [-0.15, -0.1) is 0 Å². The van der Waals surface area contributed by atoms with Gasteiger partial charge < -0.3 is 38.8 Å². The second-order valence-corrected chi connectivity index (χ2v) is 23.0. The second-order valence-electron chi connectivity index (χ2n) is 21.4. The number of cyclic esters (lactones) is 1. The summed E-state index contributed by atoms with van der Waals surface area (Å²) in [5.74, 6) is -8.54. The molecule has 0 aromatic carbocycles. The minimum absolute atomic E-state index is 0.0163. The first-order valence-corrected chi connectivity index (χ1v) is 28.4. The zero-order valence-electron chi connectivity index (χ0n) is 45.9. The lowest BCUT2D eigenvalue weighted by molar-refractivity contribution is -0.265. The maximum atomic E-state index is 14.6. The van der Waals surface area contributed by atoms with Gasteiger partial charge in [-0.2, -0.15) is 0 Å². The minimum atomic E-state index is -3.84. The van der Waals surface area contributed by atoms with Crippen LogP contribution < -0.4 is 0 Å². The smallest absolute Gasteiger partial charge is 0.460 e. The van der Waals surface area contributed by atoms with Gasteiger partial charge in [0.15, 0.2) is 5.78 Å². The number of methoxy groups -OCH3 is 3. The number of allylic oxidation sites excluding steroid dienone is 5. The van der Waals surface area contributed by atoms with E-state index >= 15 is 0 Å². The van der Waals surface area contributed by atoms with Crippen molar-refractivity contribution in [2.24, 2.45) is 41.4 Å². The highest BCUT2D eigenvalue weighted by Gasteiger charge is 2.53. The van der Waals surface area contributed by atoms with Crippen molar-refractivity contribution in [3.05, 3.63) is 36.0 Å². The van der Waals surface area contributed by atoms with Crippen LogP contribution in [0.3, 0.4) is 0 Å². The summed E-state index contributed by atoms with van der Waals surface area (Å²) in [4.78, 5) is 72.6. The summed E-state index contributed by atoms with van der Waals surface area (Å²) in [6.45, 7) is 16.6. The van der Waals surface area contributed by atoms with E-state index < -0.39 is 110 Å². The fourth-order valence-corrected chi connectivity index (χ4v) is 12.5. The Morgan fingerprint density at radius 1 is 0.822 bits per heavy atom. The fourth-order valence-electron chi connectivity index (χ4n) is 11.1. The van der Waals surface area contributed by atoms with Crippen LogP contribution in [0.2, 0.25) is 0 Å². The molecule has 0 aromatic heterocycles. The molecule has 3 heterocycles. The van der Waals surface area contributed by atoms with Crippen LogP contribution in [0.5, 0.6) is 0 Å². The van der Waals surface area contributed by atoms with Crippen molar-refractivity contribution < 1.29 is 76.0 Å². The van der Waals surface area contributed by atoms with Crippen molar-refractivity contribution in [2.75, 3.05) is 41.1 Å². The third-order valence-electron chi connectivity index (χ3n) is 15.7. The highest BCUT2D eigenvalue weighted by atomic mass is 31.2. The minimum Gasteiger partial charge on any atom is -0.460 e. The predicted molar refractivity (Wildman–Crippen MR) is 275 cm³/mol. The summed E-state index contributed by atoms with van der Waals surface area (Å²) in [7, 11) is 0.690. The lowest BCUT2D eigenvalue weighted by Gasteiger charge is -2.42. The molecule has 0 radical (unpaired) electrons. The Morgan fingerprint density at radius 2 is 1.52 bits per heavy atom. The Kier molecular flexibility index (Phi) is 25.3. The van der Waals surface area contributed by atoms with Gasteiger partial charge in [-0.1, -0.05) is 71.9 Å². The molecule has 2 bridgehead atoms. The van der Waals surface area contributed by atoms with Crippen molar-refractivity contribution in [2.45, 2.75) is 200 Å². The van der Waals surface area contributed by atoms with Crippen LogP contribution in [-0.4, -0.2) is 140 Å². The van der Waals surface area contributed by atoms with E-state index in [1.807, 2.05) is 58.1 Å². The van der Waals surface area contributed by atoms with E-state index in [4.69, 9.17) is 37.3 Å². The summed E-state index contributed by atoms with van der Waals surface area (Å²) >= 11 is 0. The fraction of sp³-hybridized carbons (Fsp3) is 0.800. The summed E-state index contributed by atoms with van der Waals surface area (Å²) < 4.78 is 60.0. The molecule has 3 fully saturated rings. The van der Waals surface area contributed by atoms with Crippen LogP contribution in [0.4, 0.5) is 0 Å². The Morgan fingerprint density at radius 3 is 2.16 bits per heavy atom. The number of hydrogen-bond donors (Lipinski definition) is 2. The van der Waals surface area contributed by atoms with Gasteiger partial charge in [0.2, 0.25) is 5.79 Å². The first-order valence-electron chi connectivity index (χ1n) is 26.9. The summed E-state index contributed by atoms with van der Waals surface area (Å²) in [5, 5.41) is 23.6. The highest BCUT2D eigenvalue weighted by molar-refractivity contribution is 7.48. The van der Waals surface area contributed by atoms with Crippen molar-refractivity contribution in [3.63, 3.8) is 0 Å². The van der Waals surface area contributed by atoms with E-state index in [2.05, 4.69) is 0 Å². The number of ketones is 3. The molecule has 1 saturated carbocycles. The van der Waals surface area contributed by atoms with Gasteiger partial charge in [0.25, 0.3) is 11.7 Å². The molecule has 4 rings (SSSR count). The number of Topliss-reactive ketones (excluding diaryl/α,β-unsaturated/α-hetero) is 3. The quantitative estimate of drug-likeness (QED) is 0.106. The third-order valence-corrected chi connectivity index (χ3v) is 17.4. The van der Waals surface area contributed by atoms with Crippen molar-refractivity contribution in [3.8, 4) is 0 Å². The SMILES string of the molecule is CCOP(=O)(OCC)O[C@@H]1CCC(C[C@@H](C)[C@@H]2CC(=O)[C@H](C)CC(C)[C@@H](O)[C@@H](OC)C(=O)[C@H](C)C[C@H](C)/C=C/C=CC=C(C)[C@@H](OC)C[C@@H]3CC[C@@H](C)[C@@](O)(O3)C(=O)C(=O)N3CCCCC3C(=O)O2)C[C@H]1OC. The molecule has 3 aliphatic heterocycles. The predicted octanol–water partition coefficient (Wildman–Crippen LogP) is 8.47. The van der Waals surface area contributed by atoms with E-state index in [1.165, 1.54) is 12.0 Å². The number of amides is 1. The monoisotopic (exact) mass is 1050 g/mol. The molecule has 4 aliphatic rings. The number of carbonyl (C=O) groups is 5. The van der Waals surface area contributed by atoms with Gasteiger partial charge in [0.1, 0.15) is 24.0 Å². The van der Waals surface area contributed by atoms with Crippen LogP contribution >= 0.6 is 7.82 Å². The molecule has 3 unspecified atom stereocenters. The number of carbonyl (C=O) groups excluding carboxylic acids is 5. The number of esters is 1. The lowest BCUT2D eigenvalue weighted by Crippen LogP contribution is -2.61. The van der Waals surface area contributed by atoms with Crippen LogP contribution in [0.25, 0.3) is 0 Å². The summed E-state index contributed by atoms with van der Waals surface area (Å²) in [5.41, 5.74) is 0.873. The number of nitrogens with zero attached hydrogens (tertiary/aromatic N) is 1. The Bertz CT molecular complexity index is 1950. The highest BCUT2D eigenvalue weighted by Crippen LogP contribution is 2.53. The Labute approximate surface area is 435 Å². The number of aliphatic hydroxyl groups excluding tert-OH is 1. The molecule has 73 heavy (non-hydrogen) atoms. The molecule has 0 spiro atoms. The van der Waals surface area contributed by atoms with Crippen molar-refractivity contribution in [1.82, 2.24) is 4.90 Å². The van der Waals surface area contributed by atoms with E-state index in [0.29, 0.717) is 64.2 Å². The molecule has 1 aliphatic carbocycles.